The van der Waals surface area contributed by atoms with E-state index in [2.05, 4.69) is 20.8 Å². The van der Waals surface area contributed by atoms with Gasteiger partial charge in [0.25, 0.3) is 5.91 Å². The number of aromatic nitrogens is 4. The first kappa shape index (κ1) is 22.3. The monoisotopic (exact) mass is 464 g/mol. The summed E-state index contributed by atoms with van der Waals surface area (Å²) in [6.45, 7) is 7.91. The molecule has 178 valence electrons. The third-order valence-electron chi connectivity index (χ3n) is 6.75. The second-order valence-corrected chi connectivity index (χ2v) is 9.21. The summed E-state index contributed by atoms with van der Waals surface area (Å²) in [6, 6.07) is 7.45. The molecule has 1 aromatic carbocycles. The van der Waals surface area contributed by atoms with Gasteiger partial charge in [0.1, 0.15) is 17.1 Å². The number of nitrogens with zero attached hydrogens (tertiary/aromatic N) is 5. The Bertz CT molecular complexity index is 1230. The zero-order chi connectivity index (χ0) is 23.9. The van der Waals surface area contributed by atoms with Gasteiger partial charge >= 0.3 is 0 Å². The molecule has 10 heteroatoms. The molecule has 1 fully saturated rings. The molecule has 2 aliphatic heterocycles. The molecule has 4 heterocycles. The third kappa shape index (κ3) is 4.21. The number of benzene rings is 1. The Morgan fingerprint density at radius 1 is 1.21 bits per heavy atom. The first-order valence-electron chi connectivity index (χ1n) is 11.4. The summed E-state index contributed by atoms with van der Waals surface area (Å²) in [4.78, 5) is 27.2. The van der Waals surface area contributed by atoms with Crippen molar-refractivity contribution in [2.24, 2.45) is 0 Å². The van der Waals surface area contributed by atoms with Crippen LogP contribution >= 0.6 is 0 Å². The summed E-state index contributed by atoms with van der Waals surface area (Å²) in [6.07, 6.45) is 1.01. The van der Waals surface area contributed by atoms with Crippen molar-refractivity contribution in [3.05, 3.63) is 63.8 Å². The van der Waals surface area contributed by atoms with Gasteiger partial charge in [0, 0.05) is 17.7 Å². The summed E-state index contributed by atoms with van der Waals surface area (Å²) in [7, 11) is 0. The molecule has 0 bridgehead atoms. The van der Waals surface area contributed by atoms with Crippen molar-refractivity contribution < 1.29 is 18.8 Å². The molecule has 2 aliphatic rings. The molecule has 3 aromatic rings. The highest BCUT2D eigenvalue weighted by molar-refractivity contribution is 5.94. The van der Waals surface area contributed by atoms with Gasteiger partial charge in [0.05, 0.1) is 44.0 Å². The molecule has 1 unspecified atom stereocenters. The van der Waals surface area contributed by atoms with Crippen molar-refractivity contribution in [1.29, 1.82) is 0 Å². The maximum Gasteiger partial charge on any atom is 0.251 e. The minimum atomic E-state index is -0.475. The normalized spacial score (nSPS) is 19.4. The zero-order valence-corrected chi connectivity index (χ0v) is 19.6. The number of carbonyl (C=O) groups excluding carboxylic acids is 2. The van der Waals surface area contributed by atoms with Crippen molar-refractivity contribution in [1.82, 2.24) is 30.4 Å². The molecular formula is C24H28N6O4. The third-order valence-corrected chi connectivity index (χ3v) is 6.75. The van der Waals surface area contributed by atoms with E-state index in [4.69, 9.17) is 9.26 Å². The highest BCUT2D eigenvalue weighted by Crippen LogP contribution is 2.33. The molecule has 0 saturated carbocycles. The van der Waals surface area contributed by atoms with Gasteiger partial charge in [-0.25, -0.2) is 4.68 Å². The molecule has 1 atom stereocenters. The van der Waals surface area contributed by atoms with Crippen LogP contribution in [0.1, 0.15) is 50.7 Å². The maximum absolute atomic E-state index is 12.9. The van der Waals surface area contributed by atoms with E-state index >= 15 is 0 Å². The summed E-state index contributed by atoms with van der Waals surface area (Å²) in [5.41, 5.74) is 4.33. The van der Waals surface area contributed by atoms with Crippen molar-refractivity contribution in [3.63, 3.8) is 0 Å². The van der Waals surface area contributed by atoms with Crippen LogP contribution in [0.15, 0.2) is 28.8 Å². The lowest BCUT2D eigenvalue weighted by atomic mass is 10.0. The van der Waals surface area contributed by atoms with E-state index in [9.17, 15) is 9.59 Å². The summed E-state index contributed by atoms with van der Waals surface area (Å²) < 4.78 is 13.3. The lowest BCUT2D eigenvalue weighted by Gasteiger charge is -2.34. The van der Waals surface area contributed by atoms with Crippen LogP contribution in [0.3, 0.4) is 0 Å². The predicted octanol–water partition coefficient (Wildman–Crippen LogP) is 1.87. The average molecular weight is 465 g/mol. The lowest BCUT2D eigenvalue weighted by Crippen LogP contribution is -2.45. The fraction of sp³-hybridized carbons (Fsp3) is 0.458. The van der Waals surface area contributed by atoms with E-state index in [1.807, 2.05) is 48.6 Å². The SMILES string of the molecule is Cc1cccc(C(=O)NCc2nnn3c2COC2(CCN(C(=O)Cc4c(C)noc4C)C2)C3)c1. The van der Waals surface area contributed by atoms with E-state index in [0.29, 0.717) is 43.3 Å². The smallest absolute Gasteiger partial charge is 0.251 e. The number of fused-ring (bicyclic) bond motifs is 1. The number of amides is 2. The van der Waals surface area contributed by atoms with E-state index in [1.165, 1.54) is 0 Å². The van der Waals surface area contributed by atoms with Crippen LogP contribution < -0.4 is 5.32 Å². The first-order chi connectivity index (χ1) is 16.3. The molecule has 1 saturated heterocycles. The lowest BCUT2D eigenvalue weighted by molar-refractivity contribution is -0.132. The Morgan fingerprint density at radius 2 is 2.06 bits per heavy atom. The van der Waals surface area contributed by atoms with Gasteiger partial charge in [0.2, 0.25) is 5.91 Å². The fourth-order valence-electron chi connectivity index (χ4n) is 4.71. The second-order valence-electron chi connectivity index (χ2n) is 9.21. The molecule has 0 radical (unpaired) electrons. The van der Waals surface area contributed by atoms with Crippen molar-refractivity contribution in [2.75, 3.05) is 13.1 Å². The highest BCUT2D eigenvalue weighted by Gasteiger charge is 2.44. The largest absolute Gasteiger partial charge is 0.365 e. The van der Waals surface area contributed by atoms with Gasteiger partial charge in [-0.15, -0.1) is 5.10 Å². The second kappa shape index (κ2) is 8.68. The Morgan fingerprint density at radius 3 is 2.82 bits per heavy atom. The van der Waals surface area contributed by atoms with E-state index < -0.39 is 5.60 Å². The van der Waals surface area contributed by atoms with Gasteiger partial charge in [0.15, 0.2) is 0 Å². The topological polar surface area (TPSA) is 115 Å². The molecule has 1 N–H and O–H groups in total. The molecule has 2 amide bonds. The standard InChI is InChI=1S/C24H28N6O4/c1-15-5-4-6-18(9-15)23(32)25-11-20-21-12-33-24(14-30(21)28-26-20)7-8-29(13-24)22(31)10-19-16(2)27-34-17(19)3/h4-6,9H,7-8,10-14H2,1-3H3,(H,25,32). The number of hydrogen-bond donors (Lipinski definition) is 1. The number of carbonyl (C=O) groups is 2. The highest BCUT2D eigenvalue weighted by atomic mass is 16.5. The molecule has 0 aliphatic carbocycles. The average Bonchev–Trinajstić information content (AvgIpc) is 3.51. The van der Waals surface area contributed by atoms with Gasteiger partial charge in [-0.2, -0.15) is 0 Å². The van der Waals surface area contributed by atoms with Gasteiger partial charge < -0.3 is 19.5 Å². The number of aryl methyl sites for hydroxylation is 3. The molecule has 2 aromatic heterocycles. The van der Waals surface area contributed by atoms with Crippen molar-refractivity contribution in [2.45, 2.75) is 58.9 Å². The van der Waals surface area contributed by atoms with Crippen LogP contribution in [0.4, 0.5) is 0 Å². The number of likely N-dealkylation sites (tertiary alicyclic amines) is 1. The van der Waals surface area contributed by atoms with Gasteiger partial charge in [-0.1, -0.05) is 28.1 Å². The molecule has 10 nitrogen and oxygen atoms in total. The Labute approximate surface area is 197 Å². The summed E-state index contributed by atoms with van der Waals surface area (Å²) in [5, 5.41) is 15.4. The fourth-order valence-corrected chi connectivity index (χ4v) is 4.71. The Kier molecular flexibility index (Phi) is 5.68. The van der Waals surface area contributed by atoms with Crippen LogP contribution in [-0.2, 0) is 35.6 Å². The quantitative estimate of drug-likeness (QED) is 0.613. The summed E-state index contributed by atoms with van der Waals surface area (Å²) >= 11 is 0. The van der Waals surface area contributed by atoms with E-state index in [1.54, 1.807) is 6.07 Å². The van der Waals surface area contributed by atoms with Crippen LogP contribution in [-0.4, -0.2) is 55.6 Å². The number of rotatable bonds is 5. The Balaban J connectivity index is 1.21. The molecule has 34 heavy (non-hydrogen) atoms. The molecule has 1 spiro atoms. The van der Waals surface area contributed by atoms with Gasteiger partial charge in [-0.3, -0.25) is 9.59 Å². The van der Waals surface area contributed by atoms with E-state index in [0.717, 1.165) is 28.9 Å². The van der Waals surface area contributed by atoms with Crippen molar-refractivity contribution in [3.8, 4) is 0 Å². The van der Waals surface area contributed by atoms with Crippen LogP contribution in [0.25, 0.3) is 0 Å². The van der Waals surface area contributed by atoms with Crippen LogP contribution in [0.5, 0.6) is 0 Å². The van der Waals surface area contributed by atoms with Crippen LogP contribution in [0.2, 0.25) is 0 Å². The number of hydrogen-bond acceptors (Lipinski definition) is 7. The molecular weight excluding hydrogens is 436 g/mol. The minimum Gasteiger partial charge on any atom is -0.365 e. The number of nitrogens with one attached hydrogen (secondary N) is 1. The summed E-state index contributed by atoms with van der Waals surface area (Å²) in [5.74, 6) is 0.573. The minimum absolute atomic E-state index is 0.0406. The predicted molar refractivity (Wildman–Crippen MR) is 121 cm³/mol. The van der Waals surface area contributed by atoms with E-state index in [-0.39, 0.29) is 24.8 Å². The Hall–Kier alpha value is -3.53. The first-order valence-corrected chi connectivity index (χ1v) is 11.4. The van der Waals surface area contributed by atoms with Gasteiger partial charge in [-0.05, 0) is 39.3 Å². The molecule has 5 rings (SSSR count). The maximum atomic E-state index is 12.9. The van der Waals surface area contributed by atoms with Crippen LogP contribution in [0, 0.1) is 20.8 Å². The van der Waals surface area contributed by atoms with Crippen molar-refractivity contribution >= 4 is 11.8 Å². The number of ether oxygens (including phenoxy) is 1. The zero-order valence-electron chi connectivity index (χ0n) is 19.6.